The van der Waals surface area contributed by atoms with Crippen LogP contribution in [0.1, 0.15) is 16.6 Å². The van der Waals surface area contributed by atoms with Crippen molar-refractivity contribution in [3.05, 3.63) is 40.5 Å². The average Bonchev–Trinajstić information content (AvgIpc) is 3.25. The lowest BCUT2D eigenvalue weighted by Crippen LogP contribution is -2.10. The molecule has 1 atom stereocenters. The highest BCUT2D eigenvalue weighted by molar-refractivity contribution is 8.00. The second-order valence-electron chi connectivity index (χ2n) is 4.34. The summed E-state index contributed by atoms with van der Waals surface area (Å²) >= 11 is 2.68. The van der Waals surface area contributed by atoms with Gasteiger partial charge in [-0.05, 0) is 47.1 Å². The largest absolute Gasteiger partial charge is 0.469 e. The molecule has 0 aliphatic rings. The van der Waals surface area contributed by atoms with Gasteiger partial charge in [0.15, 0.2) is 0 Å². The fraction of sp³-hybridized carbons (Fsp3) is 0.214. The van der Waals surface area contributed by atoms with Crippen molar-refractivity contribution in [2.45, 2.75) is 17.4 Å². The van der Waals surface area contributed by atoms with Gasteiger partial charge in [0, 0.05) is 0 Å². The second-order valence-corrected chi connectivity index (χ2v) is 6.18. The first kappa shape index (κ1) is 14.9. The number of hydrogen-bond donors (Lipinski definition) is 0. The number of aromatic nitrogens is 2. The van der Waals surface area contributed by atoms with Gasteiger partial charge in [0.25, 0.3) is 11.1 Å². The molecule has 0 radical (unpaired) electrons. The smallest absolute Gasteiger partial charge is 0.323 e. The Balaban J connectivity index is 1.84. The number of esters is 1. The maximum atomic E-state index is 12.0. The third-order valence-corrected chi connectivity index (χ3v) is 4.74. The summed E-state index contributed by atoms with van der Waals surface area (Å²) in [6.45, 7) is 1.81. The molecule has 114 valence electrons. The van der Waals surface area contributed by atoms with Crippen molar-refractivity contribution in [3.63, 3.8) is 0 Å². The van der Waals surface area contributed by atoms with Crippen molar-refractivity contribution in [3.8, 4) is 11.5 Å². The Morgan fingerprint density at radius 2 is 2.27 bits per heavy atom. The molecule has 0 aliphatic carbocycles. The van der Waals surface area contributed by atoms with Crippen LogP contribution in [0.25, 0.3) is 11.5 Å². The molecule has 0 amide bonds. The third-order valence-electron chi connectivity index (χ3n) is 2.98. The minimum atomic E-state index is -0.532. The summed E-state index contributed by atoms with van der Waals surface area (Å²) in [4.78, 5) is 12.0. The summed E-state index contributed by atoms with van der Waals surface area (Å²) in [7, 11) is 1.36. The van der Waals surface area contributed by atoms with Crippen LogP contribution in [0.4, 0.5) is 0 Å². The van der Waals surface area contributed by atoms with Gasteiger partial charge in [-0.2, -0.15) is 11.3 Å². The van der Waals surface area contributed by atoms with Crippen molar-refractivity contribution in [2.75, 3.05) is 7.11 Å². The highest BCUT2D eigenvalue weighted by Crippen LogP contribution is 2.37. The van der Waals surface area contributed by atoms with Crippen LogP contribution in [0.2, 0.25) is 0 Å². The molecule has 8 heteroatoms. The van der Waals surface area contributed by atoms with E-state index in [1.165, 1.54) is 18.4 Å². The Morgan fingerprint density at radius 1 is 1.41 bits per heavy atom. The first-order chi connectivity index (χ1) is 10.7. The van der Waals surface area contributed by atoms with Crippen LogP contribution >= 0.6 is 23.1 Å². The molecule has 0 bridgehead atoms. The lowest BCUT2D eigenvalue weighted by atomic mass is 10.2. The zero-order valence-corrected chi connectivity index (χ0v) is 13.4. The lowest BCUT2D eigenvalue weighted by Gasteiger charge is -2.09. The maximum absolute atomic E-state index is 12.0. The predicted octanol–water partition coefficient (Wildman–Crippen LogP) is 3.71. The SMILES string of the molecule is COC(=O)[C@H](Sc1nnc(-c2ccoc2C)o1)c1ccsc1. The zero-order chi connectivity index (χ0) is 15.5. The van der Waals surface area contributed by atoms with Gasteiger partial charge in [-0.25, -0.2) is 0 Å². The first-order valence-corrected chi connectivity index (χ1v) is 8.16. The number of thiophene rings is 1. The standard InChI is InChI=1S/C14H12N2O4S2/c1-8-10(3-5-19-8)12-15-16-14(20-12)22-11(13(17)18-2)9-4-6-21-7-9/h3-7,11H,1-2H3/t11-/m1/s1. The van der Waals surface area contributed by atoms with E-state index in [0.29, 0.717) is 16.9 Å². The van der Waals surface area contributed by atoms with Crippen LogP contribution < -0.4 is 0 Å². The molecule has 0 spiro atoms. The molecule has 0 saturated heterocycles. The van der Waals surface area contributed by atoms with Gasteiger partial charge >= 0.3 is 5.97 Å². The van der Waals surface area contributed by atoms with Crippen LogP contribution in [0, 0.1) is 6.92 Å². The Hall–Kier alpha value is -2.06. The number of thioether (sulfide) groups is 1. The van der Waals surface area contributed by atoms with Crippen molar-refractivity contribution in [1.29, 1.82) is 0 Å². The molecular weight excluding hydrogens is 324 g/mol. The van der Waals surface area contributed by atoms with Crippen molar-refractivity contribution in [1.82, 2.24) is 10.2 Å². The number of carbonyl (C=O) groups is 1. The molecule has 3 aromatic heterocycles. The number of carbonyl (C=O) groups excluding carboxylic acids is 1. The minimum absolute atomic E-state index is 0.303. The number of aryl methyl sites for hydroxylation is 1. The number of hydrogen-bond acceptors (Lipinski definition) is 8. The zero-order valence-electron chi connectivity index (χ0n) is 11.8. The maximum Gasteiger partial charge on any atom is 0.323 e. The van der Waals surface area contributed by atoms with E-state index in [1.807, 2.05) is 23.8 Å². The van der Waals surface area contributed by atoms with E-state index in [-0.39, 0.29) is 5.97 Å². The van der Waals surface area contributed by atoms with Gasteiger partial charge in [-0.1, -0.05) is 0 Å². The second kappa shape index (κ2) is 6.37. The predicted molar refractivity (Wildman–Crippen MR) is 81.7 cm³/mol. The van der Waals surface area contributed by atoms with Gasteiger partial charge in [0.1, 0.15) is 11.0 Å². The highest BCUT2D eigenvalue weighted by Gasteiger charge is 2.26. The average molecular weight is 336 g/mol. The lowest BCUT2D eigenvalue weighted by molar-refractivity contribution is -0.140. The third kappa shape index (κ3) is 2.93. The van der Waals surface area contributed by atoms with Crippen LogP contribution in [0.3, 0.4) is 0 Å². The Kier molecular flexibility index (Phi) is 4.30. The topological polar surface area (TPSA) is 78.4 Å². The molecule has 3 rings (SSSR count). The molecule has 0 fully saturated rings. The minimum Gasteiger partial charge on any atom is -0.469 e. The normalized spacial score (nSPS) is 12.3. The number of ether oxygens (including phenoxy) is 1. The quantitative estimate of drug-likeness (QED) is 0.519. The summed E-state index contributed by atoms with van der Waals surface area (Å²) in [5.41, 5.74) is 1.59. The fourth-order valence-corrected chi connectivity index (χ4v) is 3.52. The summed E-state index contributed by atoms with van der Waals surface area (Å²) in [5.74, 6) is 0.702. The summed E-state index contributed by atoms with van der Waals surface area (Å²) in [6, 6.07) is 3.63. The number of rotatable bonds is 5. The summed E-state index contributed by atoms with van der Waals surface area (Å²) in [5, 5.41) is 11.5. The van der Waals surface area contributed by atoms with E-state index in [4.69, 9.17) is 13.6 Å². The molecule has 22 heavy (non-hydrogen) atoms. The van der Waals surface area contributed by atoms with Gasteiger partial charge < -0.3 is 13.6 Å². The van der Waals surface area contributed by atoms with Gasteiger partial charge in [-0.15, -0.1) is 10.2 Å². The number of nitrogens with zero attached hydrogens (tertiary/aromatic N) is 2. The molecule has 0 aliphatic heterocycles. The molecule has 0 saturated carbocycles. The monoisotopic (exact) mass is 336 g/mol. The molecule has 0 unspecified atom stereocenters. The Labute approximate surface area is 134 Å². The van der Waals surface area contributed by atoms with Crippen LogP contribution in [-0.4, -0.2) is 23.3 Å². The Bertz CT molecular complexity index is 764. The first-order valence-electron chi connectivity index (χ1n) is 6.33. The molecule has 3 heterocycles. The van der Waals surface area contributed by atoms with E-state index >= 15 is 0 Å². The Morgan fingerprint density at radius 3 is 2.91 bits per heavy atom. The molecule has 3 aromatic rings. The van der Waals surface area contributed by atoms with E-state index in [2.05, 4.69) is 10.2 Å². The van der Waals surface area contributed by atoms with Gasteiger partial charge in [0.05, 0.1) is 18.9 Å². The number of furan rings is 1. The van der Waals surface area contributed by atoms with Crippen molar-refractivity contribution >= 4 is 29.1 Å². The van der Waals surface area contributed by atoms with Crippen LogP contribution in [0.5, 0.6) is 0 Å². The molecule has 0 aromatic carbocycles. The van der Waals surface area contributed by atoms with Gasteiger partial charge in [-0.3, -0.25) is 4.79 Å². The molecule has 0 N–H and O–H groups in total. The van der Waals surface area contributed by atoms with Crippen molar-refractivity contribution < 1.29 is 18.4 Å². The molecular formula is C14H12N2O4S2. The number of methoxy groups -OCH3 is 1. The van der Waals surface area contributed by atoms with E-state index in [9.17, 15) is 4.79 Å². The van der Waals surface area contributed by atoms with Crippen LogP contribution in [0.15, 0.2) is 43.2 Å². The summed E-state index contributed by atoms with van der Waals surface area (Å²) in [6.07, 6.45) is 1.56. The van der Waals surface area contributed by atoms with E-state index in [0.717, 1.165) is 22.9 Å². The van der Waals surface area contributed by atoms with Crippen LogP contribution in [-0.2, 0) is 9.53 Å². The van der Waals surface area contributed by atoms with Crippen molar-refractivity contribution in [2.24, 2.45) is 0 Å². The molecule has 6 nitrogen and oxygen atoms in total. The van der Waals surface area contributed by atoms with E-state index < -0.39 is 5.25 Å². The summed E-state index contributed by atoms with van der Waals surface area (Å²) < 4.78 is 15.7. The van der Waals surface area contributed by atoms with Gasteiger partial charge in [0.2, 0.25) is 0 Å². The fourth-order valence-electron chi connectivity index (χ4n) is 1.86. The highest BCUT2D eigenvalue weighted by atomic mass is 32.2. The van der Waals surface area contributed by atoms with E-state index in [1.54, 1.807) is 12.3 Å².